The number of nitrogens with two attached hydrogens (primary N) is 1. The number of amides is 1. The molecule has 1 aromatic heterocycles. The molecule has 1 amide bonds. The Morgan fingerprint density at radius 3 is 3.05 bits per heavy atom. The van der Waals surface area contributed by atoms with Crippen molar-refractivity contribution in [3.8, 4) is 11.8 Å². The molecule has 1 unspecified atom stereocenters. The molecule has 0 saturated carbocycles. The largest absolute Gasteiger partial charge is 0.381 e. The van der Waals surface area contributed by atoms with Gasteiger partial charge in [-0.3, -0.25) is 4.79 Å². The summed E-state index contributed by atoms with van der Waals surface area (Å²) in [6, 6.07) is 3.50. The first-order valence-electron chi connectivity index (χ1n) is 7.19. The summed E-state index contributed by atoms with van der Waals surface area (Å²) in [5.41, 5.74) is 6.52. The van der Waals surface area contributed by atoms with E-state index in [2.05, 4.69) is 16.8 Å². The quantitative estimate of drug-likeness (QED) is 0.838. The topological polar surface area (TPSA) is 68.5 Å². The van der Waals surface area contributed by atoms with Gasteiger partial charge < -0.3 is 15.4 Å². The van der Waals surface area contributed by atoms with Gasteiger partial charge in [0, 0.05) is 32.0 Å². The van der Waals surface area contributed by atoms with Crippen molar-refractivity contribution in [2.45, 2.75) is 12.8 Å². The summed E-state index contributed by atoms with van der Waals surface area (Å²) in [5, 5.41) is 0. The summed E-state index contributed by atoms with van der Waals surface area (Å²) in [7, 11) is 1.81. The second kappa shape index (κ2) is 7.77. The Bertz CT molecular complexity index is 525. The molecule has 2 rings (SSSR count). The van der Waals surface area contributed by atoms with Crippen LogP contribution in [0.3, 0.4) is 0 Å². The number of hydrogen-bond acceptors (Lipinski definition) is 4. The average molecular weight is 287 g/mol. The van der Waals surface area contributed by atoms with Gasteiger partial charge in [0.2, 0.25) is 0 Å². The highest BCUT2D eigenvalue weighted by atomic mass is 16.5. The number of pyridine rings is 1. The molecule has 5 heteroatoms. The molecule has 1 aliphatic rings. The fraction of sp³-hybridized carbons (Fsp3) is 0.500. The Labute approximate surface area is 125 Å². The molecule has 21 heavy (non-hydrogen) atoms. The zero-order valence-electron chi connectivity index (χ0n) is 12.3. The van der Waals surface area contributed by atoms with Crippen molar-refractivity contribution in [1.82, 2.24) is 9.88 Å². The maximum Gasteiger partial charge on any atom is 0.272 e. The molecule has 0 spiro atoms. The van der Waals surface area contributed by atoms with E-state index in [9.17, 15) is 4.79 Å². The Morgan fingerprint density at radius 1 is 1.57 bits per heavy atom. The van der Waals surface area contributed by atoms with Crippen LogP contribution in [-0.4, -0.2) is 49.1 Å². The summed E-state index contributed by atoms with van der Waals surface area (Å²) in [4.78, 5) is 18.2. The molecule has 2 N–H and O–H groups in total. The lowest BCUT2D eigenvalue weighted by atomic mass is 10.0. The fourth-order valence-electron chi connectivity index (χ4n) is 2.36. The molecule has 1 atom stereocenters. The van der Waals surface area contributed by atoms with Crippen LogP contribution in [0.25, 0.3) is 0 Å². The molecular weight excluding hydrogens is 266 g/mol. The van der Waals surface area contributed by atoms with Gasteiger partial charge in [-0.2, -0.15) is 0 Å². The molecule has 112 valence electrons. The summed E-state index contributed by atoms with van der Waals surface area (Å²) >= 11 is 0. The Balaban J connectivity index is 1.94. The molecule has 1 saturated heterocycles. The predicted molar refractivity (Wildman–Crippen MR) is 80.7 cm³/mol. The van der Waals surface area contributed by atoms with Crippen molar-refractivity contribution in [1.29, 1.82) is 0 Å². The maximum absolute atomic E-state index is 12.3. The monoisotopic (exact) mass is 287 g/mol. The number of hydrogen-bond donors (Lipinski definition) is 1. The third kappa shape index (κ3) is 4.55. The van der Waals surface area contributed by atoms with Gasteiger partial charge in [-0.1, -0.05) is 11.8 Å². The normalized spacial score (nSPS) is 17.7. The van der Waals surface area contributed by atoms with Crippen LogP contribution in [0.1, 0.15) is 28.9 Å². The molecule has 0 bridgehead atoms. The maximum atomic E-state index is 12.3. The van der Waals surface area contributed by atoms with Gasteiger partial charge in [-0.25, -0.2) is 4.98 Å². The molecule has 1 fully saturated rings. The van der Waals surface area contributed by atoms with Crippen LogP contribution < -0.4 is 5.73 Å². The summed E-state index contributed by atoms with van der Waals surface area (Å²) < 4.78 is 5.44. The Kier molecular flexibility index (Phi) is 5.73. The lowest BCUT2D eigenvalue weighted by molar-refractivity contribution is 0.0387. The Morgan fingerprint density at radius 2 is 2.43 bits per heavy atom. The average Bonchev–Trinajstić information content (AvgIpc) is 2.53. The molecular formula is C16H21N3O2. The highest BCUT2D eigenvalue weighted by molar-refractivity contribution is 5.92. The van der Waals surface area contributed by atoms with E-state index in [1.807, 2.05) is 0 Å². The van der Waals surface area contributed by atoms with Crippen molar-refractivity contribution >= 4 is 5.91 Å². The smallest absolute Gasteiger partial charge is 0.272 e. The number of carbonyl (C=O) groups is 1. The lowest BCUT2D eigenvalue weighted by Gasteiger charge is -2.26. The van der Waals surface area contributed by atoms with E-state index < -0.39 is 0 Å². The number of carbonyl (C=O) groups excluding carboxylic acids is 1. The van der Waals surface area contributed by atoms with Crippen LogP contribution in [0.2, 0.25) is 0 Å². The second-order valence-electron chi connectivity index (χ2n) is 5.21. The van der Waals surface area contributed by atoms with Crippen molar-refractivity contribution < 1.29 is 9.53 Å². The van der Waals surface area contributed by atoms with E-state index in [0.29, 0.717) is 24.7 Å². The van der Waals surface area contributed by atoms with Gasteiger partial charge in [0.25, 0.3) is 5.91 Å². The van der Waals surface area contributed by atoms with Crippen molar-refractivity contribution in [3.05, 3.63) is 29.6 Å². The van der Waals surface area contributed by atoms with Gasteiger partial charge in [0.05, 0.1) is 13.2 Å². The lowest BCUT2D eigenvalue weighted by Crippen LogP contribution is -2.35. The first-order valence-corrected chi connectivity index (χ1v) is 7.19. The number of rotatable bonds is 3. The van der Waals surface area contributed by atoms with Crippen LogP contribution in [0.5, 0.6) is 0 Å². The van der Waals surface area contributed by atoms with Gasteiger partial charge >= 0.3 is 0 Å². The minimum atomic E-state index is -0.0705. The molecule has 2 heterocycles. The van der Waals surface area contributed by atoms with Gasteiger partial charge in [0.1, 0.15) is 5.69 Å². The summed E-state index contributed by atoms with van der Waals surface area (Å²) in [6.07, 6.45) is 3.78. The third-order valence-electron chi connectivity index (χ3n) is 3.45. The van der Waals surface area contributed by atoms with E-state index in [1.165, 1.54) is 0 Å². The van der Waals surface area contributed by atoms with Gasteiger partial charge in [-0.15, -0.1) is 0 Å². The highest BCUT2D eigenvalue weighted by Crippen LogP contribution is 2.15. The Hall–Kier alpha value is -1.90. The van der Waals surface area contributed by atoms with Gasteiger partial charge in [-0.05, 0) is 30.9 Å². The van der Waals surface area contributed by atoms with Gasteiger partial charge in [0.15, 0.2) is 0 Å². The minimum absolute atomic E-state index is 0.0705. The highest BCUT2D eigenvalue weighted by Gasteiger charge is 2.20. The first kappa shape index (κ1) is 15.5. The van der Waals surface area contributed by atoms with E-state index in [4.69, 9.17) is 10.5 Å². The second-order valence-corrected chi connectivity index (χ2v) is 5.21. The van der Waals surface area contributed by atoms with E-state index in [0.717, 1.165) is 31.6 Å². The molecule has 0 aromatic carbocycles. The van der Waals surface area contributed by atoms with Crippen molar-refractivity contribution in [2.75, 3.05) is 33.4 Å². The molecule has 0 aliphatic carbocycles. The zero-order valence-corrected chi connectivity index (χ0v) is 12.3. The molecule has 5 nitrogen and oxygen atoms in total. The number of ether oxygens (including phenoxy) is 1. The fourth-order valence-corrected chi connectivity index (χ4v) is 2.36. The summed E-state index contributed by atoms with van der Waals surface area (Å²) in [6.45, 7) is 2.59. The zero-order chi connectivity index (χ0) is 15.1. The van der Waals surface area contributed by atoms with Crippen LogP contribution in [0, 0.1) is 17.8 Å². The van der Waals surface area contributed by atoms with E-state index >= 15 is 0 Å². The molecule has 1 aliphatic heterocycles. The van der Waals surface area contributed by atoms with Crippen LogP contribution in [-0.2, 0) is 4.74 Å². The third-order valence-corrected chi connectivity index (χ3v) is 3.45. The predicted octanol–water partition coefficient (Wildman–Crippen LogP) is 0.890. The standard InChI is InChI=1S/C16H21N3O2/c1-19(11-14-5-3-9-21-12-14)16(20)15-7-6-13(10-18-15)4-2-8-17/h6-7,10,14H,3,5,8-9,11-12,17H2,1H3. The van der Waals surface area contributed by atoms with Crippen LogP contribution >= 0.6 is 0 Å². The SMILES string of the molecule is CN(CC1CCCOC1)C(=O)c1ccc(C#CCN)cn1. The minimum Gasteiger partial charge on any atom is -0.381 e. The van der Waals surface area contributed by atoms with Crippen LogP contribution in [0.4, 0.5) is 0 Å². The molecule has 1 aromatic rings. The molecule has 0 radical (unpaired) electrons. The van der Waals surface area contributed by atoms with Crippen molar-refractivity contribution in [3.63, 3.8) is 0 Å². The number of aromatic nitrogens is 1. The van der Waals surface area contributed by atoms with Crippen molar-refractivity contribution in [2.24, 2.45) is 11.7 Å². The number of nitrogens with zero attached hydrogens (tertiary/aromatic N) is 2. The first-order chi connectivity index (χ1) is 10.2. The van der Waals surface area contributed by atoms with E-state index in [1.54, 1.807) is 30.3 Å². The summed E-state index contributed by atoms with van der Waals surface area (Å²) in [5.74, 6) is 5.99. The van der Waals surface area contributed by atoms with Crippen LogP contribution in [0.15, 0.2) is 18.3 Å². The van der Waals surface area contributed by atoms with E-state index in [-0.39, 0.29) is 5.91 Å².